The Morgan fingerprint density at radius 3 is 2.68 bits per heavy atom. The highest BCUT2D eigenvalue weighted by Gasteiger charge is 2.29. The first-order valence-corrected chi connectivity index (χ1v) is 10.2. The van der Waals surface area contributed by atoms with Gasteiger partial charge in [-0.15, -0.1) is 22.7 Å². The first-order chi connectivity index (χ1) is 12.1. The number of aryl methyl sites for hydroxylation is 2. The molecular formula is C20H20N2OS2. The molecule has 0 saturated heterocycles. The van der Waals surface area contributed by atoms with Crippen molar-refractivity contribution >= 4 is 33.7 Å². The van der Waals surface area contributed by atoms with Crippen LogP contribution in [0.2, 0.25) is 0 Å². The molecule has 4 rings (SSSR count). The molecule has 0 spiro atoms. The highest BCUT2D eigenvalue weighted by atomic mass is 32.1. The average molecular weight is 369 g/mol. The van der Waals surface area contributed by atoms with Crippen LogP contribution < -0.4 is 5.32 Å². The summed E-state index contributed by atoms with van der Waals surface area (Å²) < 4.78 is 0. The lowest BCUT2D eigenvalue weighted by molar-refractivity contribution is 0.102. The van der Waals surface area contributed by atoms with Gasteiger partial charge in [-0.2, -0.15) is 0 Å². The van der Waals surface area contributed by atoms with Crippen LogP contribution in [0.3, 0.4) is 0 Å². The van der Waals surface area contributed by atoms with Gasteiger partial charge in [-0.25, -0.2) is 4.98 Å². The Hall–Kier alpha value is -1.98. The van der Waals surface area contributed by atoms with Crippen LogP contribution in [-0.2, 0) is 6.42 Å². The molecule has 0 aliphatic heterocycles. The number of hydrogen-bond acceptors (Lipinski definition) is 4. The summed E-state index contributed by atoms with van der Waals surface area (Å²) >= 11 is 3.10. The Morgan fingerprint density at radius 2 is 1.96 bits per heavy atom. The standard InChI is InChI=1S/C20H20N2OS2/c1-12-3-5-14(6-4-12)11-17-13(2)21-20(25-17)22-19(23)18-16(9-10-24-18)15-7-8-15/h3-6,9-10,15H,7-8,11H2,1-2H3,(H,21,22,23). The van der Waals surface area contributed by atoms with Crippen LogP contribution in [0.5, 0.6) is 0 Å². The topological polar surface area (TPSA) is 42.0 Å². The second kappa shape index (κ2) is 6.73. The Bertz CT molecular complexity index is 904. The summed E-state index contributed by atoms with van der Waals surface area (Å²) in [6.45, 7) is 4.10. The molecule has 0 bridgehead atoms. The zero-order chi connectivity index (χ0) is 17.4. The molecule has 1 fully saturated rings. The molecule has 0 atom stereocenters. The van der Waals surface area contributed by atoms with Crippen molar-refractivity contribution in [3.8, 4) is 0 Å². The summed E-state index contributed by atoms with van der Waals surface area (Å²) in [6.07, 6.45) is 3.26. The summed E-state index contributed by atoms with van der Waals surface area (Å²) in [7, 11) is 0. The second-order valence-electron chi connectivity index (χ2n) is 6.62. The maximum Gasteiger partial charge on any atom is 0.267 e. The molecule has 5 heteroatoms. The van der Waals surface area contributed by atoms with Crippen LogP contribution in [0.4, 0.5) is 5.13 Å². The number of rotatable bonds is 5. The lowest BCUT2D eigenvalue weighted by Gasteiger charge is -2.02. The van der Waals surface area contributed by atoms with Crippen molar-refractivity contribution in [2.75, 3.05) is 5.32 Å². The Labute approximate surface area is 155 Å². The van der Waals surface area contributed by atoms with Crippen LogP contribution in [-0.4, -0.2) is 10.9 Å². The van der Waals surface area contributed by atoms with E-state index < -0.39 is 0 Å². The summed E-state index contributed by atoms with van der Waals surface area (Å²) in [5, 5.41) is 5.71. The van der Waals surface area contributed by atoms with Gasteiger partial charge < -0.3 is 0 Å². The third kappa shape index (κ3) is 3.67. The minimum atomic E-state index is -0.0208. The van der Waals surface area contributed by atoms with E-state index in [-0.39, 0.29) is 5.91 Å². The monoisotopic (exact) mass is 368 g/mol. The van der Waals surface area contributed by atoms with Crippen molar-refractivity contribution in [1.82, 2.24) is 4.98 Å². The van der Waals surface area contributed by atoms with Crippen molar-refractivity contribution in [2.24, 2.45) is 0 Å². The highest BCUT2D eigenvalue weighted by molar-refractivity contribution is 7.16. The van der Waals surface area contributed by atoms with Gasteiger partial charge in [-0.3, -0.25) is 10.1 Å². The smallest absolute Gasteiger partial charge is 0.267 e. The fraction of sp³-hybridized carbons (Fsp3) is 0.300. The van der Waals surface area contributed by atoms with Gasteiger partial charge in [0.1, 0.15) is 0 Å². The number of thiazole rings is 1. The molecule has 1 aromatic carbocycles. The molecule has 2 heterocycles. The Kier molecular flexibility index (Phi) is 4.44. The number of hydrogen-bond donors (Lipinski definition) is 1. The number of carbonyl (C=O) groups is 1. The molecule has 1 saturated carbocycles. The van der Waals surface area contributed by atoms with E-state index in [1.807, 2.05) is 12.3 Å². The van der Waals surface area contributed by atoms with Gasteiger partial charge in [0.25, 0.3) is 5.91 Å². The minimum absolute atomic E-state index is 0.0208. The molecule has 3 aromatic rings. The Balaban J connectivity index is 1.49. The number of nitrogens with zero attached hydrogens (tertiary/aromatic N) is 1. The Morgan fingerprint density at radius 1 is 1.20 bits per heavy atom. The maximum absolute atomic E-state index is 12.6. The first-order valence-electron chi connectivity index (χ1n) is 8.51. The summed E-state index contributed by atoms with van der Waals surface area (Å²) in [5.41, 5.74) is 4.73. The number of carbonyl (C=O) groups excluding carboxylic acids is 1. The molecule has 1 N–H and O–H groups in total. The third-order valence-corrected chi connectivity index (χ3v) is 6.52. The number of aromatic nitrogens is 1. The summed E-state index contributed by atoms with van der Waals surface area (Å²) in [6, 6.07) is 10.7. The fourth-order valence-corrected chi connectivity index (χ4v) is 4.78. The average Bonchev–Trinajstić information content (AvgIpc) is 3.21. The van der Waals surface area contributed by atoms with E-state index in [0.717, 1.165) is 17.0 Å². The van der Waals surface area contributed by atoms with Gasteiger partial charge in [0.05, 0.1) is 10.6 Å². The van der Waals surface area contributed by atoms with Crippen LogP contribution >= 0.6 is 22.7 Å². The molecular weight excluding hydrogens is 348 g/mol. The van der Waals surface area contributed by atoms with E-state index in [1.165, 1.54) is 45.7 Å². The molecule has 1 aliphatic carbocycles. The van der Waals surface area contributed by atoms with Gasteiger partial charge >= 0.3 is 0 Å². The predicted octanol–water partition coefficient (Wildman–Crippen LogP) is 5.54. The van der Waals surface area contributed by atoms with Crippen molar-refractivity contribution in [3.63, 3.8) is 0 Å². The molecule has 0 unspecified atom stereocenters. The SMILES string of the molecule is Cc1ccc(Cc2sc(NC(=O)c3sccc3C3CC3)nc2C)cc1. The van der Waals surface area contributed by atoms with Gasteiger partial charge in [0.15, 0.2) is 5.13 Å². The summed E-state index contributed by atoms with van der Waals surface area (Å²) in [4.78, 5) is 19.2. The normalized spacial score (nSPS) is 13.8. The van der Waals surface area contributed by atoms with E-state index in [9.17, 15) is 4.79 Å². The zero-order valence-electron chi connectivity index (χ0n) is 14.3. The van der Waals surface area contributed by atoms with Gasteiger partial charge in [0.2, 0.25) is 0 Å². The highest BCUT2D eigenvalue weighted by Crippen LogP contribution is 2.43. The minimum Gasteiger partial charge on any atom is -0.297 e. The molecule has 3 nitrogen and oxygen atoms in total. The van der Waals surface area contributed by atoms with Gasteiger partial charge in [-0.05, 0) is 55.2 Å². The maximum atomic E-state index is 12.6. The second-order valence-corrected chi connectivity index (χ2v) is 8.62. The van der Waals surface area contributed by atoms with Crippen LogP contribution in [0.1, 0.15) is 55.7 Å². The first kappa shape index (κ1) is 16.5. The van der Waals surface area contributed by atoms with E-state index in [4.69, 9.17) is 0 Å². The zero-order valence-corrected chi connectivity index (χ0v) is 16.0. The van der Waals surface area contributed by atoms with Gasteiger partial charge in [0, 0.05) is 11.3 Å². The molecule has 1 aliphatic rings. The van der Waals surface area contributed by atoms with E-state index in [0.29, 0.717) is 11.0 Å². The van der Waals surface area contributed by atoms with Crippen molar-refractivity contribution in [3.05, 3.63) is 67.9 Å². The van der Waals surface area contributed by atoms with Gasteiger partial charge in [-0.1, -0.05) is 29.8 Å². The lowest BCUT2D eigenvalue weighted by Crippen LogP contribution is -2.11. The third-order valence-electron chi connectivity index (χ3n) is 4.52. The quantitative estimate of drug-likeness (QED) is 0.642. The number of anilines is 1. The predicted molar refractivity (Wildman–Crippen MR) is 105 cm³/mol. The number of benzene rings is 1. The molecule has 2 aromatic heterocycles. The lowest BCUT2D eigenvalue weighted by atomic mass is 10.1. The van der Waals surface area contributed by atoms with Crippen LogP contribution in [0, 0.1) is 13.8 Å². The molecule has 1 amide bonds. The van der Waals surface area contributed by atoms with Crippen molar-refractivity contribution in [1.29, 1.82) is 0 Å². The molecule has 128 valence electrons. The van der Waals surface area contributed by atoms with E-state index >= 15 is 0 Å². The molecule has 25 heavy (non-hydrogen) atoms. The van der Waals surface area contributed by atoms with E-state index in [2.05, 4.69) is 47.6 Å². The fourth-order valence-electron chi connectivity index (χ4n) is 2.91. The van der Waals surface area contributed by atoms with E-state index in [1.54, 1.807) is 11.3 Å². The number of amides is 1. The van der Waals surface area contributed by atoms with Crippen molar-refractivity contribution < 1.29 is 4.79 Å². The van der Waals surface area contributed by atoms with Crippen LogP contribution in [0.25, 0.3) is 0 Å². The summed E-state index contributed by atoms with van der Waals surface area (Å²) in [5.74, 6) is 0.565. The largest absolute Gasteiger partial charge is 0.297 e. The molecule has 0 radical (unpaired) electrons. The van der Waals surface area contributed by atoms with Crippen molar-refractivity contribution in [2.45, 2.75) is 39.0 Å². The van der Waals surface area contributed by atoms with Crippen LogP contribution in [0.15, 0.2) is 35.7 Å². The number of thiophene rings is 1. The number of nitrogens with one attached hydrogen (secondary N) is 1.